The number of carbonyl (C=O) groups is 1. The Morgan fingerprint density at radius 1 is 1.50 bits per heavy atom. The number of Topliss-reactive ketones (excluding diaryl/α,β-unsaturated/α-hetero) is 1. The van der Waals surface area contributed by atoms with Crippen LogP contribution in [-0.2, 0) is 0 Å². The molecule has 0 bridgehead atoms. The summed E-state index contributed by atoms with van der Waals surface area (Å²) >= 11 is 0. The number of nitro benzene ring substituents is 1. The van der Waals surface area contributed by atoms with E-state index >= 15 is 0 Å². The minimum Gasteiger partial charge on any atom is -0.393 e. The first-order chi connectivity index (χ1) is 9.38. The molecule has 6 heteroatoms. The van der Waals surface area contributed by atoms with Gasteiger partial charge in [0, 0.05) is 25.3 Å². The Morgan fingerprint density at radius 3 is 2.65 bits per heavy atom. The molecule has 0 aliphatic heterocycles. The second-order valence-corrected chi connectivity index (χ2v) is 5.39. The van der Waals surface area contributed by atoms with Gasteiger partial charge in [-0.05, 0) is 37.8 Å². The molecule has 2 rings (SSSR count). The normalized spacial score (nSPS) is 21.1. The number of aliphatic hydroxyl groups is 1. The van der Waals surface area contributed by atoms with Gasteiger partial charge in [0.1, 0.15) is 0 Å². The number of benzene rings is 1. The topological polar surface area (TPSA) is 83.7 Å². The summed E-state index contributed by atoms with van der Waals surface area (Å²) in [7, 11) is 1.86. The SMILES string of the molecule is CC(=O)c1ccc(N(C)CC2CC(O)C2)cc1[N+](=O)[O-]. The summed E-state index contributed by atoms with van der Waals surface area (Å²) < 4.78 is 0. The van der Waals surface area contributed by atoms with Crippen LogP contribution in [0.15, 0.2) is 18.2 Å². The fourth-order valence-electron chi connectivity index (χ4n) is 2.55. The Balaban J connectivity index is 2.17. The lowest BCUT2D eigenvalue weighted by Gasteiger charge is -2.35. The lowest BCUT2D eigenvalue weighted by molar-refractivity contribution is -0.385. The number of rotatable bonds is 5. The van der Waals surface area contributed by atoms with Gasteiger partial charge in [-0.1, -0.05) is 0 Å². The van der Waals surface area contributed by atoms with E-state index < -0.39 is 4.92 Å². The molecule has 1 aromatic carbocycles. The van der Waals surface area contributed by atoms with Crippen LogP contribution in [0.4, 0.5) is 11.4 Å². The Labute approximate surface area is 117 Å². The summed E-state index contributed by atoms with van der Waals surface area (Å²) in [4.78, 5) is 23.8. The first-order valence-electron chi connectivity index (χ1n) is 6.57. The number of nitrogens with zero attached hydrogens (tertiary/aromatic N) is 2. The van der Waals surface area contributed by atoms with E-state index in [0.29, 0.717) is 11.6 Å². The summed E-state index contributed by atoms with van der Waals surface area (Å²) in [5, 5.41) is 20.3. The Bertz CT molecular complexity index is 538. The molecule has 0 aromatic heterocycles. The van der Waals surface area contributed by atoms with Crippen molar-refractivity contribution in [3.63, 3.8) is 0 Å². The van der Waals surface area contributed by atoms with Crippen molar-refractivity contribution in [2.75, 3.05) is 18.5 Å². The first kappa shape index (κ1) is 14.5. The number of ketones is 1. The molecule has 0 spiro atoms. The van der Waals surface area contributed by atoms with Crippen LogP contribution in [0.3, 0.4) is 0 Å². The zero-order chi connectivity index (χ0) is 14.9. The molecular weight excluding hydrogens is 260 g/mol. The molecule has 108 valence electrons. The van der Waals surface area contributed by atoms with Crippen LogP contribution in [0.25, 0.3) is 0 Å². The van der Waals surface area contributed by atoms with Crippen molar-refractivity contribution in [3.8, 4) is 0 Å². The summed E-state index contributed by atoms with van der Waals surface area (Å²) in [5.74, 6) is 0.106. The third kappa shape index (κ3) is 2.96. The minimum absolute atomic E-state index is 0.131. The first-order valence-corrected chi connectivity index (χ1v) is 6.57. The smallest absolute Gasteiger partial charge is 0.282 e. The van der Waals surface area contributed by atoms with E-state index in [1.807, 2.05) is 11.9 Å². The molecule has 0 saturated heterocycles. The predicted octanol–water partition coefficient (Wildman–Crippen LogP) is 2.00. The van der Waals surface area contributed by atoms with Crippen LogP contribution >= 0.6 is 0 Å². The van der Waals surface area contributed by atoms with Crippen molar-refractivity contribution in [3.05, 3.63) is 33.9 Å². The van der Waals surface area contributed by atoms with E-state index in [1.165, 1.54) is 19.1 Å². The van der Waals surface area contributed by atoms with Gasteiger partial charge >= 0.3 is 0 Å². The van der Waals surface area contributed by atoms with Crippen LogP contribution in [-0.4, -0.2) is 35.5 Å². The van der Waals surface area contributed by atoms with Crippen molar-refractivity contribution < 1.29 is 14.8 Å². The Kier molecular flexibility index (Phi) is 4.04. The van der Waals surface area contributed by atoms with Crippen LogP contribution in [0.2, 0.25) is 0 Å². The standard InChI is InChI=1S/C14H18N2O4/c1-9(17)13-4-3-11(7-14(13)16(19)20)15(2)8-10-5-12(18)6-10/h3-4,7,10,12,18H,5-6,8H2,1-2H3. The highest BCUT2D eigenvalue weighted by Crippen LogP contribution is 2.31. The van der Waals surface area contributed by atoms with E-state index in [0.717, 1.165) is 19.4 Å². The van der Waals surface area contributed by atoms with Crippen LogP contribution in [0, 0.1) is 16.0 Å². The fraction of sp³-hybridized carbons (Fsp3) is 0.500. The minimum atomic E-state index is -0.527. The average Bonchev–Trinajstić information content (AvgIpc) is 2.35. The lowest BCUT2D eigenvalue weighted by Crippen LogP contribution is -2.37. The molecule has 20 heavy (non-hydrogen) atoms. The lowest BCUT2D eigenvalue weighted by atomic mass is 9.82. The molecule has 0 radical (unpaired) electrons. The van der Waals surface area contributed by atoms with E-state index in [2.05, 4.69) is 0 Å². The van der Waals surface area contributed by atoms with Gasteiger partial charge in [-0.2, -0.15) is 0 Å². The molecule has 1 aromatic rings. The van der Waals surface area contributed by atoms with Gasteiger partial charge < -0.3 is 10.0 Å². The molecule has 1 aliphatic carbocycles. The number of nitro groups is 1. The Morgan fingerprint density at radius 2 is 2.15 bits per heavy atom. The highest BCUT2D eigenvalue weighted by molar-refractivity contribution is 5.98. The van der Waals surface area contributed by atoms with Crippen molar-refractivity contribution in [2.24, 2.45) is 5.92 Å². The summed E-state index contributed by atoms with van der Waals surface area (Å²) in [6, 6.07) is 4.66. The molecule has 1 aliphatic rings. The molecule has 6 nitrogen and oxygen atoms in total. The molecule has 0 unspecified atom stereocenters. The van der Waals surface area contributed by atoms with Crippen LogP contribution < -0.4 is 4.90 Å². The molecule has 0 atom stereocenters. The summed E-state index contributed by atoms with van der Waals surface area (Å²) in [5.41, 5.74) is 0.685. The van der Waals surface area contributed by atoms with Gasteiger partial charge in [0.2, 0.25) is 0 Å². The third-order valence-electron chi connectivity index (χ3n) is 3.74. The van der Waals surface area contributed by atoms with Gasteiger partial charge in [0.05, 0.1) is 16.6 Å². The molecule has 0 amide bonds. The largest absolute Gasteiger partial charge is 0.393 e. The molecule has 1 saturated carbocycles. The second-order valence-electron chi connectivity index (χ2n) is 5.39. The Hall–Kier alpha value is -1.95. The molecular formula is C14H18N2O4. The summed E-state index contributed by atoms with van der Waals surface area (Å²) in [6.07, 6.45) is 1.35. The highest BCUT2D eigenvalue weighted by atomic mass is 16.6. The average molecular weight is 278 g/mol. The van der Waals surface area contributed by atoms with Gasteiger partial charge in [0.25, 0.3) is 5.69 Å². The summed E-state index contributed by atoms with van der Waals surface area (Å²) in [6.45, 7) is 2.06. The van der Waals surface area contributed by atoms with Gasteiger partial charge in [0.15, 0.2) is 5.78 Å². The van der Waals surface area contributed by atoms with Crippen molar-refractivity contribution in [2.45, 2.75) is 25.9 Å². The van der Waals surface area contributed by atoms with Gasteiger partial charge in [-0.25, -0.2) is 0 Å². The quantitative estimate of drug-likeness (QED) is 0.506. The monoisotopic (exact) mass is 278 g/mol. The second kappa shape index (κ2) is 5.58. The number of aliphatic hydroxyl groups excluding tert-OH is 1. The fourth-order valence-corrected chi connectivity index (χ4v) is 2.55. The number of hydrogen-bond donors (Lipinski definition) is 1. The van der Waals surface area contributed by atoms with Gasteiger partial charge in [-0.15, -0.1) is 0 Å². The van der Waals surface area contributed by atoms with E-state index in [4.69, 9.17) is 0 Å². The molecule has 0 heterocycles. The zero-order valence-electron chi connectivity index (χ0n) is 11.6. The molecule has 1 N–H and O–H groups in total. The van der Waals surface area contributed by atoms with Crippen LogP contribution in [0.5, 0.6) is 0 Å². The third-order valence-corrected chi connectivity index (χ3v) is 3.74. The predicted molar refractivity (Wildman–Crippen MR) is 75.1 cm³/mol. The zero-order valence-corrected chi connectivity index (χ0v) is 11.6. The van der Waals surface area contributed by atoms with Crippen molar-refractivity contribution >= 4 is 17.2 Å². The molecule has 1 fully saturated rings. The van der Waals surface area contributed by atoms with Gasteiger partial charge in [-0.3, -0.25) is 14.9 Å². The maximum Gasteiger partial charge on any atom is 0.282 e. The van der Waals surface area contributed by atoms with Crippen molar-refractivity contribution in [1.29, 1.82) is 0 Å². The number of anilines is 1. The van der Waals surface area contributed by atoms with Crippen LogP contribution in [0.1, 0.15) is 30.1 Å². The maximum atomic E-state index is 11.4. The maximum absolute atomic E-state index is 11.4. The number of carbonyl (C=O) groups excluding carboxylic acids is 1. The van der Waals surface area contributed by atoms with Crippen molar-refractivity contribution in [1.82, 2.24) is 0 Å². The van der Waals surface area contributed by atoms with E-state index in [1.54, 1.807) is 6.07 Å². The number of hydrogen-bond acceptors (Lipinski definition) is 5. The van der Waals surface area contributed by atoms with E-state index in [-0.39, 0.29) is 23.1 Å². The van der Waals surface area contributed by atoms with E-state index in [9.17, 15) is 20.0 Å². The highest BCUT2D eigenvalue weighted by Gasteiger charge is 2.28.